The highest BCUT2D eigenvalue weighted by Gasteiger charge is 2.20. The van der Waals surface area contributed by atoms with E-state index >= 15 is 0 Å². The number of likely N-dealkylation sites (tertiary alicyclic amines) is 1. The Balaban J connectivity index is 0.00000144. The van der Waals surface area contributed by atoms with Crippen molar-refractivity contribution in [1.29, 1.82) is 0 Å². The van der Waals surface area contributed by atoms with Crippen LogP contribution in [0.15, 0.2) is 24.3 Å². The lowest BCUT2D eigenvalue weighted by Gasteiger charge is -2.34. The highest BCUT2D eigenvalue weighted by Crippen LogP contribution is 2.28. The summed E-state index contributed by atoms with van der Waals surface area (Å²) in [7, 11) is 0. The summed E-state index contributed by atoms with van der Waals surface area (Å²) in [6.07, 6.45) is 5.28. The number of benzene rings is 1. The van der Waals surface area contributed by atoms with E-state index in [1.165, 1.54) is 44.3 Å². The molecule has 3 heteroatoms. The summed E-state index contributed by atoms with van der Waals surface area (Å²) in [4.78, 5) is 2.62. The van der Waals surface area contributed by atoms with Crippen LogP contribution in [0.3, 0.4) is 0 Å². The maximum Gasteiger partial charge on any atom is 0.0406 e. The molecular weight excluding hydrogens is 253 g/mol. The van der Waals surface area contributed by atoms with Gasteiger partial charge in [-0.1, -0.05) is 37.1 Å². The predicted octanol–water partition coefficient (Wildman–Crippen LogP) is 4.70. The molecular formula is C14H21Cl2N. The zero-order valence-electron chi connectivity index (χ0n) is 10.4. The first-order valence-corrected chi connectivity index (χ1v) is 6.68. The number of halogens is 2. The van der Waals surface area contributed by atoms with E-state index in [-0.39, 0.29) is 12.4 Å². The molecule has 0 saturated carbocycles. The summed E-state index contributed by atoms with van der Waals surface area (Å²) >= 11 is 5.93. The highest BCUT2D eigenvalue weighted by molar-refractivity contribution is 6.30. The van der Waals surface area contributed by atoms with Crippen molar-refractivity contribution in [3.05, 3.63) is 34.9 Å². The minimum atomic E-state index is 0. The van der Waals surface area contributed by atoms with E-state index < -0.39 is 0 Å². The first-order valence-electron chi connectivity index (χ1n) is 6.31. The predicted molar refractivity (Wildman–Crippen MR) is 77.2 cm³/mol. The maximum atomic E-state index is 5.93. The van der Waals surface area contributed by atoms with Crippen LogP contribution < -0.4 is 0 Å². The van der Waals surface area contributed by atoms with Crippen LogP contribution in [0.4, 0.5) is 0 Å². The summed E-state index contributed by atoms with van der Waals surface area (Å²) in [6.45, 7) is 4.77. The lowest BCUT2D eigenvalue weighted by atomic mass is 10.00. The van der Waals surface area contributed by atoms with E-state index in [0.29, 0.717) is 6.04 Å². The number of hydrogen-bond donors (Lipinski definition) is 0. The Morgan fingerprint density at radius 2 is 1.71 bits per heavy atom. The molecule has 1 atom stereocenters. The summed E-state index contributed by atoms with van der Waals surface area (Å²) in [5.74, 6) is 0. The van der Waals surface area contributed by atoms with Crippen molar-refractivity contribution >= 4 is 24.0 Å². The van der Waals surface area contributed by atoms with Gasteiger partial charge in [0.25, 0.3) is 0 Å². The minimum Gasteiger partial charge on any atom is -0.296 e. The normalized spacial score (nSPS) is 18.5. The molecule has 0 N–H and O–H groups in total. The lowest BCUT2D eigenvalue weighted by Crippen LogP contribution is -2.33. The third-order valence-corrected chi connectivity index (χ3v) is 3.72. The maximum absolute atomic E-state index is 5.93. The largest absolute Gasteiger partial charge is 0.296 e. The van der Waals surface area contributed by atoms with Gasteiger partial charge < -0.3 is 0 Å². The number of nitrogens with zero attached hydrogens (tertiary/aromatic N) is 1. The van der Waals surface area contributed by atoms with Gasteiger partial charge in [-0.15, -0.1) is 12.4 Å². The van der Waals surface area contributed by atoms with Crippen molar-refractivity contribution in [3.63, 3.8) is 0 Å². The van der Waals surface area contributed by atoms with Crippen LogP contribution in [0.5, 0.6) is 0 Å². The van der Waals surface area contributed by atoms with Gasteiger partial charge in [-0.2, -0.15) is 0 Å². The zero-order chi connectivity index (χ0) is 11.4. The van der Waals surface area contributed by atoms with Crippen LogP contribution in [0.2, 0.25) is 5.02 Å². The molecule has 1 aromatic rings. The van der Waals surface area contributed by atoms with Crippen molar-refractivity contribution in [2.75, 3.05) is 13.1 Å². The van der Waals surface area contributed by atoms with Crippen molar-refractivity contribution in [1.82, 2.24) is 4.90 Å². The van der Waals surface area contributed by atoms with Crippen LogP contribution >= 0.6 is 24.0 Å². The monoisotopic (exact) mass is 273 g/mol. The molecule has 1 heterocycles. The van der Waals surface area contributed by atoms with Gasteiger partial charge in [-0.05, 0) is 50.0 Å². The number of piperidine rings is 1. The quantitative estimate of drug-likeness (QED) is 0.772. The second-order valence-electron chi connectivity index (χ2n) is 4.57. The molecule has 0 spiro atoms. The fourth-order valence-corrected chi connectivity index (χ4v) is 2.75. The van der Waals surface area contributed by atoms with Gasteiger partial charge in [0.15, 0.2) is 0 Å². The first-order chi connectivity index (χ1) is 7.81. The van der Waals surface area contributed by atoms with Gasteiger partial charge in [0.2, 0.25) is 0 Å². The standard InChI is InChI=1S/C14H20ClN.ClH/c1-2-14(16-10-4-3-5-11-16)12-6-8-13(15)9-7-12;/h6-9,14H,2-5,10-11H2,1H3;1H. The lowest BCUT2D eigenvalue weighted by molar-refractivity contribution is 0.159. The third-order valence-electron chi connectivity index (χ3n) is 3.47. The molecule has 17 heavy (non-hydrogen) atoms. The molecule has 96 valence electrons. The Morgan fingerprint density at radius 1 is 1.12 bits per heavy atom. The molecule has 1 fully saturated rings. The topological polar surface area (TPSA) is 3.24 Å². The number of rotatable bonds is 3. The molecule has 0 aromatic heterocycles. The average Bonchev–Trinajstić information content (AvgIpc) is 2.34. The Hall–Kier alpha value is -0.240. The smallest absolute Gasteiger partial charge is 0.0406 e. The molecule has 1 aromatic carbocycles. The molecule has 1 nitrogen and oxygen atoms in total. The van der Waals surface area contributed by atoms with Crippen molar-refractivity contribution in [2.24, 2.45) is 0 Å². The highest BCUT2D eigenvalue weighted by atomic mass is 35.5. The van der Waals surface area contributed by atoms with Crippen LogP contribution in [-0.4, -0.2) is 18.0 Å². The van der Waals surface area contributed by atoms with Crippen LogP contribution in [0.25, 0.3) is 0 Å². The Morgan fingerprint density at radius 3 is 2.24 bits per heavy atom. The zero-order valence-corrected chi connectivity index (χ0v) is 11.9. The second-order valence-corrected chi connectivity index (χ2v) is 5.01. The number of hydrogen-bond acceptors (Lipinski definition) is 1. The van der Waals surface area contributed by atoms with E-state index in [9.17, 15) is 0 Å². The SMILES string of the molecule is CCC(c1ccc(Cl)cc1)N1CCCCC1.Cl. The fraction of sp³-hybridized carbons (Fsp3) is 0.571. The van der Waals surface area contributed by atoms with Crippen LogP contribution in [0.1, 0.15) is 44.2 Å². The van der Waals surface area contributed by atoms with Gasteiger partial charge in [0, 0.05) is 11.1 Å². The molecule has 2 rings (SSSR count). The third kappa shape index (κ3) is 3.87. The first kappa shape index (κ1) is 14.8. The van der Waals surface area contributed by atoms with E-state index in [2.05, 4.69) is 24.0 Å². The van der Waals surface area contributed by atoms with Gasteiger partial charge in [-0.3, -0.25) is 4.90 Å². The van der Waals surface area contributed by atoms with Crippen molar-refractivity contribution in [3.8, 4) is 0 Å². The van der Waals surface area contributed by atoms with E-state index in [4.69, 9.17) is 11.6 Å². The summed E-state index contributed by atoms with van der Waals surface area (Å²) in [5.41, 5.74) is 1.41. The second kappa shape index (κ2) is 7.25. The summed E-state index contributed by atoms with van der Waals surface area (Å²) in [5, 5.41) is 0.831. The van der Waals surface area contributed by atoms with E-state index in [0.717, 1.165) is 5.02 Å². The Kier molecular flexibility index (Phi) is 6.32. The van der Waals surface area contributed by atoms with E-state index in [1.54, 1.807) is 0 Å². The van der Waals surface area contributed by atoms with Gasteiger partial charge in [0.1, 0.15) is 0 Å². The average molecular weight is 274 g/mol. The molecule has 0 bridgehead atoms. The molecule has 0 radical (unpaired) electrons. The van der Waals surface area contributed by atoms with Gasteiger partial charge >= 0.3 is 0 Å². The molecule has 1 aliphatic heterocycles. The van der Waals surface area contributed by atoms with Crippen molar-refractivity contribution < 1.29 is 0 Å². The molecule has 1 unspecified atom stereocenters. The molecule has 0 amide bonds. The van der Waals surface area contributed by atoms with Gasteiger partial charge in [-0.25, -0.2) is 0 Å². The van der Waals surface area contributed by atoms with E-state index in [1.807, 2.05) is 12.1 Å². The van der Waals surface area contributed by atoms with Crippen LogP contribution in [0, 0.1) is 0 Å². The fourth-order valence-electron chi connectivity index (χ4n) is 2.62. The molecule has 1 aliphatic rings. The van der Waals surface area contributed by atoms with Gasteiger partial charge in [0.05, 0.1) is 0 Å². The summed E-state index contributed by atoms with van der Waals surface area (Å²) in [6, 6.07) is 8.93. The Labute approximate surface area is 116 Å². The minimum absolute atomic E-state index is 0. The van der Waals surface area contributed by atoms with Crippen LogP contribution in [-0.2, 0) is 0 Å². The molecule has 1 saturated heterocycles. The van der Waals surface area contributed by atoms with Crippen molar-refractivity contribution in [2.45, 2.75) is 38.6 Å². The Bertz CT molecular complexity index is 317. The molecule has 0 aliphatic carbocycles. The summed E-state index contributed by atoms with van der Waals surface area (Å²) < 4.78 is 0.